The molecular weight excluding hydrogens is 376 g/mol. The molecule has 2 aromatic rings. The van der Waals surface area contributed by atoms with Gasteiger partial charge in [0, 0.05) is 16.7 Å². The van der Waals surface area contributed by atoms with Crippen LogP contribution in [0.15, 0.2) is 46.9 Å². The number of nitrogens with one attached hydrogen (secondary N) is 2. The van der Waals surface area contributed by atoms with Crippen LogP contribution in [0.4, 0.5) is 5.69 Å². The molecule has 0 spiro atoms. The van der Waals surface area contributed by atoms with Crippen LogP contribution in [-0.4, -0.2) is 24.9 Å². The summed E-state index contributed by atoms with van der Waals surface area (Å²) in [5.41, 5.74) is 2.14. The molecule has 120 valence electrons. The van der Waals surface area contributed by atoms with Crippen molar-refractivity contribution in [2.75, 3.05) is 25.1 Å². The van der Waals surface area contributed by atoms with Crippen molar-refractivity contribution in [1.29, 1.82) is 0 Å². The normalized spacial score (nSPS) is 12.6. The summed E-state index contributed by atoms with van der Waals surface area (Å²) >= 11 is 8.75. The van der Waals surface area contributed by atoms with E-state index in [1.54, 1.807) is 0 Å². The van der Waals surface area contributed by atoms with Crippen LogP contribution in [-0.2, 0) is 6.42 Å². The van der Waals surface area contributed by atoms with Gasteiger partial charge in [0.1, 0.15) is 13.2 Å². The van der Waals surface area contributed by atoms with Gasteiger partial charge in [0.15, 0.2) is 16.6 Å². The number of rotatable bonds is 4. The van der Waals surface area contributed by atoms with Crippen molar-refractivity contribution >= 4 is 38.9 Å². The van der Waals surface area contributed by atoms with Gasteiger partial charge < -0.3 is 20.1 Å². The first-order valence-electron chi connectivity index (χ1n) is 7.40. The van der Waals surface area contributed by atoms with Crippen LogP contribution in [0.5, 0.6) is 11.5 Å². The molecule has 1 aliphatic rings. The molecule has 0 radical (unpaired) electrons. The Bertz CT molecular complexity index is 709. The summed E-state index contributed by atoms with van der Waals surface area (Å²) in [5, 5.41) is 6.99. The van der Waals surface area contributed by atoms with Gasteiger partial charge in [-0.05, 0) is 54.5 Å². The summed E-state index contributed by atoms with van der Waals surface area (Å²) in [4.78, 5) is 0. The fraction of sp³-hybridized carbons (Fsp3) is 0.235. The van der Waals surface area contributed by atoms with Gasteiger partial charge in [0.25, 0.3) is 0 Å². The zero-order valence-electron chi connectivity index (χ0n) is 12.5. The number of thiocarbonyl (C=S) groups is 1. The molecule has 0 saturated heterocycles. The Hall–Kier alpha value is -1.79. The Balaban J connectivity index is 1.48. The minimum atomic E-state index is 0.606. The zero-order chi connectivity index (χ0) is 16.1. The van der Waals surface area contributed by atoms with E-state index in [2.05, 4.69) is 32.6 Å². The molecule has 0 saturated carbocycles. The number of ether oxygens (including phenoxy) is 2. The summed E-state index contributed by atoms with van der Waals surface area (Å²) < 4.78 is 12.1. The molecule has 2 aromatic carbocycles. The molecule has 2 N–H and O–H groups in total. The van der Waals surface area contributed by atoms with E-state index in [0.717, 1.165) is 34.6 Å². The van der Waals surface area contributed by atoms with E-state index in [4.69, 9.17) is 21.7 Å². The molecule has 23 heavy (non-hydrogen) atoms. The lowest BCUT2D eigenvalue weighted by Gasteiger charge is -2.19. The lowest BCUT2D eigenvalue weighted by Crippen LogP contribution is -2.30. The van der Waals surface area contributed by atoms with Crippen LogP contribution in [0, 0.1) is 0 Å². The van der Waals surface area contributed by atoms with Gasteiger partial charge >= 0.3 is 0 Å². The van der Waals surface area contributed by atoms with Crippen molar-refractivity contribution in [2.24, 2.45) is 0 Å². The number of fused-ring (bicyclic) bond motifs is 1. The van der Waals surface area contributed by atoms with Crippen LogP contribution in [0.25, 0.3) is 0 Å². The highest BCUT2D eigenvalue weighted by molar-refractivity contribution is 9.10. The number of hydrogen-bond acceptors (Lipinski definition) is 3. The number of anilines is 1. The van der Waals surface area contributed by atoms with Gasteiger partial charge in [0.05, 0.1) is 0 Å². The van der Waals surface area contributed by atoms with E-state index in [0.29, 0.717) is 18.3 Å². The smallest absolute Gasteiger partial charge is 0.170 e. The Kier molecular flexibility index (Phi) is 5.35. The van der Waals surface area contributed by atoms with E-state index in [1.807, 2.05) is 36.4 Å². The zero-order valence-corrected chi connectivity index (χ0v) is 14.9. The van der Waals surface area contributed by atoms with Crippen LogP contribution in [0.1, 0.15) is 5.56 Å². The molecule has 1 heterocycles. The first-order valence-corrected chi connectivity index (χ1v) is 8.60. The third-order valence-electron chi connectivity index (χ3n) is 3.39. The Morgan fingerprint density at radius 2 is 1.91 bits per heavy atom. The minimum absolute atomic E-state index is 0.606. The minimum Gasteiger partial charge on any atom is -0.486 e. The topological polar surface area (TPSA) is 42.5 Å². The molecule has 1 aliphatic heterocycles. The van der Waals surface area contributed by atoms with Crippen molar-refractivity contribution in [3.63, 3.8) is 0 Å². The third-order valence-corrected chi connectivity index (χ3v) is 4.13. The SMILES string of the molecule is S=C(NCCc1ccc2c(c1)OCCO2)Nc1cccc(Br)c1. The average molecular weight is 393 g/mol. The van der Waals surface area contributed by atoms with Crippen LogP contribution >= 0.6 is 28.1 Å². The van der Waals surface area contributed by atoms with Gasteiger partial charge in [-0.3, -0.25) is 0 Å². The highest BCUT2D eigenvalue weighted by Crippen LogP contribution is 2.30. The van der Waals surface area contributed by atoms with Crippen LogP contribution in [0.3, 0.4) is 0 Å². The van der Waals surface area contributed by atoms with E-state index < -0.39 is 0 Å². The lowest BCUT2D eigenvalue weighted by molar-refractivity contribution is 0.171. The van der Waals surface area contributed by atoms with Gasteiger partial charge in [-0.25, -0.2) is 0 Å². The summed E-state index contributed by atoms with van der Waals surface area (Å²) in [6.07, 6.45) is 0.858. The molecule has 0 atom stereocenters. The molecule has 0 aliphatic carbocycles. The van der Waals surface area contributed by atoms with Crippen molar-refractivity contribution in [1.82, 2.24) is 5.32 Å². The van der Waals surface area contributed by atoms with Crippen LogP contribution < -0.4 is 20.1 Å². The maximum atomic E-state index is 5.59. The quantitative estimate of drug-likeness (QED) is 0.775. The Morgan fingerprint density at radius 3 is 2.74 bits per heavy atom. The molecule has 0 fully saturated rings. The summed E-state index contributed by atoms with van der Waals surface area (Å²) in [6.45, 7) is 1.97. The molecule has 4 nitrogen and oxygen atoms in total. The van der Waals surface area contributed by atoms with Gasteiger partial charge in [-0.1, -0.05) is 28.1 Å². The second kappa shape index (κ2) is 7.66. The highest BCUT2D eigenvalue weighted by Gasteiger charge is 2.11. The summed E-state index contributed by atoms with van der Waals surface area (Å²) in [5.74, 6) is 1.64. The molecule has 0 amide bonds. The Morgan fingerprint density at radius 1 is 1.09 bits per heavy atom. The summed E-state index contributed by atoms with van der Waals surface area (Å²) in [7, 11) is 0. The number of halogens is 1. The maximum Gasteiger partial charge on any atom is 0.170 e. The number of benzene rings is 2. The predicted molar refractivity (Wildman–Crippen MR) is 99.5 cm³/mol. The second-order valence-electron chi connectivity index (χ2n) is 5.12. The van der Waals surface area contributed by atoms with Crippen LogP contribution in [0.2, 0.25) is 0 Å². The highest BCUT2D eigenvalue weighted by atomic mass is 79.9. The Labute approximate surface area is 149 Å². The lowest BCUT2D eigenvalue weighted by atomic mass is 10.1. The molecule has 3 rings (SSSR count). The molecule has 6 heteroatoms. The van der Waals surface area contributed by atoms with E-state index in [1.165, 1.54) is 5.56 Å². The van der Waals surface area contributed by atoms with E-state index in [9.17, 15) is 0 Å². The van der Waals surface area contributed by atoms with Crippen molar-refractivity contribution in [2.45, 2.75) is 6.42 Å². The van der Waals surface area contributed by atoms with Gasteiger partial charge in [-0.2, -0.15) is 0 Å². The van der Waals surface area contributed by atoms with Crippen molar-refractivity contribution in [3.05, 3.63) is 52.5 Å². The standard InChI is InChI=1S/C17H17BrN2O2S/c18-13-2-1-3-14(11-13)20-17(23)19-7-6-12-4-5-15-16(10-12)22-9-8-21-15/h1-5,10-11H,6-9H2,(H2,19,20,23). The summed E-state index contributed by atoms with van der Waals surface area (Å²) in [6, 6.07) is 13.9. The van der Waals surface area contributed by atoms with E-state index in [-0.39, 0.29) is 0 Å². The van der Waals surface area contributed by atoms with Gasteiger partial charge in [-0.15, -0.1) is 0 Å². The first-order chi connectivity index (χ1) is 11.2. The molecule has 0 bridgehead atoms. The predicted octanol–water partition coefficient (Wildman–Crippen LogP) is 3.75. The largest absolute Gasteiger partial charge is 0.486 e. The monoisotopic (exact) mass is 392 g/mol. The van der Waals surface area contributed by atoms with E-state index >= 15 is 0 Å². The van der Waals surface area contributed by atoms with Gasteiger partial charge in [0.2, 0.25) is 0 Å². The fourth-order valence-corrected chi connectivity index (χ4v) is 2.92. The second-order valence-corrected chi connectivity index (χ2v) is 6.44. The molecule has 0 aromatic heterocycles. The molecule has 0 unspecified atom stereocenters. The van der Waals surface area contributed by atoms with Crippen molar-refractivity contribution in [3.8, 4) is 11.5 Å². The number of hydrogen-bond donors (Lipinski definition) is 2. The fourth-order valence-electron chi connectivity index (χ4n) is 2.31. The van der Waals surface area contributed by atoms with Crippen molar-refractivity contribution < 1.29 is 9.47 Å². The third kappa shape index (κ3) is 4.59. The molecular formula is C17H17BrN2O2S. The maximum absolute atomic E-state index is 5.59. The first kappa shape index (κ1) is 16.1. The average Bonchev–Trinajstić information content (AvgIpc) is 2.55.